The van der Waals surface area contributed by atoms with Gasteiger partial charge in [-0.25, -0.2) is 0 Å². The first-order valence-corrected chi connectivity index (χ1v) is 11.8. The molecule has 3 fully saturated rings. The number of ether oxygens (including phenoxy) is 2. The van der Waals surface area contributed by atoms with Crippen LogP contribution in [0.3, 0.4) is 0 Å². The van der Waals surface area contributed by atoms with Crippen LogP contribution in [-0.2, 0) is 9.47 Å². The average molecular weight is 415 g/mol. The van der Waals surface area contributed by atoms with Gasteiger partial charge < -0.3 is 24.6 Å². The maximum Gasteiger partial charge on any atom is 0.193 e. The maximum absolute atomic E-state index is 6.16. The normalized spacial score (nSPS) is 26.2. The molecule has 4 rings (SSSR count). The number of benzene rings is 1. The van der Waals surface area contributed by atoms with Crippen molar-refractivity contribution in [3.63, 3.8) is 0 Å². The van der Waals surface area contributed by atoms with E-state index in [0.717, 1.165) is 71.2 Å². The first kappa shape index (κ1) is 21.4. The molecule has 3 saturated heterocycles. The maximum atomic E-state index is 6.16. The Morgan fingerprint density at radius 2 is 1.93 bits per heavy atom. The highest BCUT2D eigenvalue weighted by atomic mass is 16.5. The van der Waals surface area contributed by atoms with Crippen LogP contribution in [0.15, 0.2) is 35.3 Å². The van der Waals surface area contributed by atoms with Crippen LogP contribution in [0.1, 0.15) is 38.5 Å². The molecule has 166 valence electrons. The monoisotopic (exact) mass is 414 g/mol. The molecule has 0 amide bonds. The zero-order valence-corrected chi connectivity index (χ0v) is 18.5. The molecule has 2 atom stereocenters. The third-order valence-electron chi connectivity index (χ3n) is 6.70. The summed E-state index contributed by atoms with van der Waals surface area (Å²) in [5.74, 6) is 1.71. The van der Waals surface area contributed by atoms with Gasteiger partial charge in [-0.05, 0) is 56.6 Å². The van der Waals surface area contributed by atoms with Crippen molar-refractivity contribution in [3.05, 3.63) is 30.3 Å². The molecule has 1 N–H and O–H groups in total. The van der Waals surface area contributed by atoms with Gasteiger partial charge in [0, 0.05) is 52.1 Å². The van der Waals surface area contributed by atoms with E-state index < -0.39 is 0 Å². The molecule has 3 aliphatic rings. The standard InChI is InChI=1S/C24H38N4O2/c1-25-24(26-17-20-10-13-28(18-20)21-7-3-2-4-8-21)27-14-11-22(12-15-27)30-19-23-9-5-6-16-29-23/h2-4,7-8,20,22-23H,5-6,9-19H2,1H3,(H,25,26). The molecular formula is C24H38N4O2. The van der Waals surface area contributed by atoms with Crippen LogP contribution < -0.4 is 10.2 Å². The lowest BCUT2D eigenvalue weighted by Gasteiger charge is -2.35. The van der Waals surface area contributed by atoms with Gasteiger partial charge >= 0.3 is 0 Å². The first-order chi connectivity index (χ1) is 14.8. The van der Waals surface area contributed by atoms with Gasteiger partial charge in [-0.15, -0.1) is 0 Å². The van der Waals surface area contributed by atoms with Crippen LogP contribution >= 0.6 is 0 Å². The van der Waals surface area contributed by atoms with E-state index in [0.29, 0.717) is 18.1 Å². The Kier molecular flexibility index (Phi) is 7.87. The van der Waals surface area contributed by atoms with E-state index in [1.165, 1.54) is 24.9 Å². The van der Waals surface area contributed by atoms with Crippen molar-refractivity contribution in [1.29, 1.82) is 0 Å². The predicted molar refractivity (Wildman–Crippen MR) is 122 cm³/mol. The fraction of sp³-hybridized carbons (Fsp3) is 0.708. The molecule has 0 radical (unpaired) electrons. The van der Waals surface area contributed by atoms with Gasteiger partial charge in [0.25, 0.3) is 0 Å². The highest BCUT2D eigenvalue weighted by molar-refractivity contribution is 5.80. The van der Waals surface area contributed by atoms with Crippen molar-refractivity contribution in [2.24, 2.45) is 10.9 Å². The number of rotatable bonds is 6. The fourth-order valence-corrected chi connectivity index (χ4v) is 4.86. The highest BCUT2D eigenvalue weighted by Crippen LogP contribution is 2.23. The van der Waals surface area contributed by atoms with E-state index in [1.807, 2.05) is 7.05 Å². The summed E-state index contributed by atoms with van der Waals surface area (Å²) >= 11 is 0. The minimum absolute atomic E-state index is 0.313. The zero-order valence-electron chi connectivity index (χ0n) is 18.5. The number of aliphatic imine (C=N–C) groups is 1. The Morgan fingerprint density at radius 3 is 2.67 bits per heavy atom. The number of nitrogens with one attached hydrogen (secondary N) is 1. The number of para-hydroxylation sites is 1. The van der Waals surface area contributed by atoms with Crippen molar-refractivity contribution < 1.29 is 9.47 Å². The van der Waals surface area contributed by atoms with Gasteiger partial charge in [-0.3, -0.25) is 4.99 Å². The Balaban J connectivity index is 1.15. The van der Waals surface area contributed by atoms with E-state index in [2.05, 4.69) is 50.4 Å². The summed E-state index contributed by atoms with van der Waals surface area (Å²) in [5.41, 5.74) is 1.34. The Hall–Kier alpha value is -1.79. The quantitative estimate of drug-likeness (QED) is 0.572. The minimum Gasteiger partial charge on any atom is -0.376 e. The van der Waals surface area contributed by atoms with Crippen molar-refractivity contribution in [3.8, 4) is 0 Å². The minimum atomic E-state index is 0.313. The number of hydrogen-bond donors (Lipinski definition) is 1. The Bertz CT molecular complexity index is 654. The number of guanidine groups is 1. The van der Waals surface area contributed by atoms with Gasteiger partial charge in [0.15, 0.2) is 5.96 Å². The first-order valence-electron chi connectivity index (χ1n) is 11.8. The Labute approximate surface area is 181 Å². The van der Waals surface area contributed by atoms with Gasteiger partial charge in [0.05, 0.1) is 18.8 Å². The molecule has 3 aliphatic heterocycles. The largest absolute Gasteiger partial charge is 0.376 e. The molecule has 6 nitrogen and oxygen atoms in total. The summed E-state index contributed by atoms with van der Waals surface area (Å²) in [5, 5.41) is 3.64. The van der Waals surface area contributed by atoms with Crippen LogP contribution in [0.25, 0.3) is 0 Å². The number of piperidine rings is 1. The van der Waals surface area contributed by atoms with E-state index in [-0.39, 0.29) is 0 Å². The van der Waals surface area contributed by atoms with E-state index in [1.54, 1.807) is 0 Å². The highest BCUT2D eigenvalue weighted by Gasteiger charge is 2.26. The Morgan fingerprint density at radius 1 is 1.10 bits per heavy atom. The van der Waals surface area contributed by atoms with E-state index in [4.69, 9.17) is 9.47 Å². The van der Waals surface area contributed by atoms with Crippen LogP contribution in [0, 0.1) is 5.92 Å². The summed E-state index contributed by atoms with van der Waals surface area (Å²) in [7, 11) is 1.90. The van der Waals surface area contributed by atoms with E-state index in [9.17, 15) is 0 Å². The predicted octanol–water partition coefficient (Wildman–Crippen LogP) is 3.14. The summed E-state index contributed by atoms with van der Waals surface area (Å²) in [6.45, 7) is 6.93. The third-order valence-corrected chi connectivity index (χ3v) is 6.70. The second-order valence-corrected chi connectivity index (χ2v) is 8.87. The molecule has 0 aliphatic carbocycles. The smallest absolute Gasteiger partial charge is 0.193 e. The van der Waals surface area contributed by atoms with Crippen molar-refractivity contribution >= 4 is 11.6 Å². The van der Waals surface area contributed by atoms with Crippen LogP contribution in [0.5, 0.6) is 0 Å². The lowest BCUT2D eigenvalue weighted by Crippen LogP contribution is -2.48. The lowest BCUT2D eigenvalue weighted by molar-refractivity contribution is -0.0721. The second-order valence-electron chi connectivity index (χ2n) is 8.87. The van der Waals surface area contributed by atoms with Crippen LogP contribution in [0.2, 0.25) is 0 Å². The molecule has 1 aromatic carbocycles. The molecule has 0 aromatic heterocycles. The van der Waals surface area contributed by atoms with Gasteiger partial charge in [0.1, 0.15) is 0 Å². The summed E-state index contributed by atoms with van der Waals surface area (Å²) < 4.78 is 12.0. The molecule has 0 bridgehead atoms. The van der Waals surface area contributed by atoms with Gasteiger partial charge in [-0.2, -0.15) is 0 Å². The van der Waals surface area contributed by atoms with Crippen molar-refractivity contribution in [1.82, 2.24) is 10.2 Å². The van der Waals surface area contributed by atoms with Crippen LogP contribution in [0.4, 0.5) is 5.69 Å². The molecular weight excluding hydrogens is 376 g/mol. The lowest BCUT2D eigenvalue weighted by atomic mass is 10.1. The van der Waals surface area contributed by atoms with E-state index >= 15 is 0 Å². The molecule has 0 saturated carbocycles. The number of hydrogen-bond acceptors (Lipinski definition) is 4. The molecule has 1 aromatic rings. The van der Waals surface area contributed by atoms with Crippen molar-refractivity contribution in [2.75, 3.05) is 57.9 Å². The molecule has 3 heterocycles. The summed E-state index contributed by atoms with van der Waals surface area (Å²) in [6, 6.07) is 10.7. The summed E-state index contributed by atoms with van der Waals surface area (Å²) in [4.78, 5) is 9.44. The zero-order chi connectivity index (χ0) is 20.6. The molecule has 30 heavy (non-hydrogen) atoms. The topological polar surface area (TPSA) is 49.3 Å². The van der Waals surface area contributed by atoms with Gasteiger partial charge in [-0.1, -0.05) is 18.2 Å². The molecule has 2 unspecified atom stereocenters. The molecule has 0 spiro atoms. The second kappa shape index (κ2) is 11.0. The SMILES string of the molecule is CN=C(NCC1CCN(c2ccccc2)C1)N1CCC(OCC2CCCCO2)CC1. The molecule has 6 heteroatoms. The van der Waals surface area contributed by atoms with Crippen LogP contribution in [-0.4, -0.2) is 76.1 Å². The third kappa shape index (κ3) is 5.88. The van der Waals surface area contributed by atoms with Gasteiger partial charge in [0.2, 0.25) is 0 Å². The van der Waals surface area contributed by atoms with Crippen molar-refractivity contribution in [2.45, 2.75) is 50.7 Å². The number of nitrogens with zero attached hydrogens (tertiary/aromatic N) is 3. The number of likely N-dealkylation sites (tertiary alicyclic amines) is 1. The summed E-state index contributed by atoms with van der Waals surface area (Å²) in [6.07, 6.45) is 7.67. The fourth-order valence-electron chi connectivity index (χ4n) is 4.86. The average Bonchev–Trinajstić information content (AvgIpc) is 3.29. The number of anilines is 1.